The van der Waals surface area contributed by atoms with Crippen LogP contribution in [0.25, 0.3) is 0 Å². The van der Waals surface area contributed by atoms with E-state index in [-0.39, 0.29) is 59.7 Å². The molecule has 0 bridgehead atoms. The van der Waals surface area contributed by atoms with Crippen molar-refractivity contribution in [2.24, 2.45) is 23.7 Å². The first-order chi connectivity index (χ1) is 19.1. The lowest BCUT2D eigenvalue weighted by molar-refractivity contribution is -0.147. The number of aromatic nitrogens is 2. The number of thioether (sulfide) groups is 1. The number of piperidine rings is 1. The molecule has 0 aromatic carbocycles. The largest absolute Gasteiger partial charge is 0.481 e. The van der Waals surface area contributed by atoms with Gasteiger partial charge in [-0.05, 0) is 70.3 Å². The van der Waals surface area contributed by atoms with Gasteiger partial charge in [0.1, 0.15) is 5.82 Å². The third-order valence-corrected chi connectivity index (χ3v) is 11.8. The zero-order chi connectivity index (χ0) is 28.2. The Morgan fingerprint density at radius 1 is 1.25 bits per heavy atom. The number of hydrogen-bond donors (Lipinski definition) is 2. The molecule has 6 rings (SSSR count). The van der Waals surface area contributed by atoms with Crippen LogP contribution in [-0.2, 0) is 24.2 Å². The molecule has 11 heteroatoms. The quantitative estimate of drug-likeness (QED) is 0.409. The zero-order valence-electron chi connectivity index (χ0n) is 22.8. The summed E-state index contributed by atoms with van der Waals surface area (Å²) in [4.78, 5) is 31.8. The Morgan fingerprint density at radius 3 is 2.80 bits per heavy atom. The van der Waals surface area contributed by atoms with Crippen LogP contribution in [0.1, 0.15) is 49.2 Å². The summed E-state index contributed by atoms with van der Waals surface area (Å²) < 4.78 is 28.5. The second-order valence-corrected chi connectivity index (χ2v) is 14.1. The molecule has 8 atom stereocenters. The molecular formula is C29H37ClF2N4O3S. The summed E-state index contributed by atoms with van der Waals surface area (Å²) in [6.45, 7) is 2.43. The number of carboxylic acid groups (broad SMARTS) is 1. The maximum atomic E-state index is 13.5. The predicted octanol–water partition coefficient (Wildman–Crippen LogP) is 3.18. The highest BCUT2D eigenvalue weighted by molar-refractivity contribution is 8.00. The number of aryl methyl sites for hydroxylation is 2. The Balaban J connectivity index is 1.18. The third kappa shape index (κ3) is 5.44. The lowest BCUT2D eigenvalue weighted by Gasteiger charge is -2.45. The van der Waals surface area contributed by atoms with Gasteiger partial charge in [-0.1, -0.05) is 11.8 Å². The number of halogens is 3. The van der Waals surface area contributed by atoms with E-state index in [9.17, 15) is 23.5 Å². The molecule has 40 heavy (non-hydrogen) atoms. The maximum Gasteiger partial charge on any atom is 0.308 e. The van der Waals surface area contributed by atoms with Gasteiger partial charge in [0.05, 0.1) is 31.2 Å². The molecule has 2 N–H and O–H groups in total. The number of nitrogens with one attached hydrogen (secondary N) is 1. The van der Waals surface area contributed by atoms with Crippen molar-refractivity contribution < 1.29 is 18.7 Å². The Bertz CT molecular complexity index is 1270. The van der Waals surface area contributed by atoms with Gasteiger partial charge in [0.2, 0.25) is 0 Å². The van der Waals surface area contributed by atoms with Crippen molar-refractivity contribution >= 4 is 29.3 Å². The van der Waals surface area contributed by atoms with Crippen LogP contribution in [0.3, 0.4) is 0 Å². The summed E-state index contributed by atoms with van der Waals surface area (Å²) in [5.41, 5.74) is 1.34. The van der Waals surface area contributed by atoms with Crippen LogP contribution >= 0.6 is 23.4 Å². The van der Waals surface area contributed by atoms with E-state index in [1.807, 2.05) is 6.92 Å². The van der Waals surface area contributed by atoms with Crippen LogP contribution in [0, 0.1) is 42.4 Å². The van der Waals surface area contributed by atoms with Gasteiger partial charge in [0, 0.05) is 39.9 Å². The molecule has 3 saturated heterocycles. The van der Waals surface area contributed by atoms with Crippen molar-refractivity contribution in [3.05, 3.63) is 27.4 Å². The summed E-state index contributed by atoms with van der Waals surface area (Å²) in [5.74, 6) is 5.19. The predicted molar refractivity (Wildman–Crippen MR) is 151 cm³/mol. The van der Waals surface area contributed by atoms with E-state index in [1.165, 1.54) is 0 Å². The first kappa shape index (κ1) is 28.4. The lowest BCUT2D eigenvalue weighted by Crippen LogP contribution is -2.61. The average molecular weight is 595 g/mol. The Hall–Kier alpha value is -1.67. The van der Waals surface area contributed by atoms with Crippen LogP contribution < -0.4 is 10.9 Å². The minimum atomic E-state index is -2.62. The van der Waals surface area contributed by atoms with Crippen LogP contribution in [0.4, 0.5) is 8.78 Å². The van der Waals surface area contributed by atoms with Crippen molar-refractivity contribution in [1.29, 1.82) is 0 Å². The SMILES string of the molecule is Cc1nc2c(c(=O)n1CC#CC1CCC(Cl)CC1C1CCNC3C(C(=O)O)CSC13)CC(N1CC(F)(F)C1)CC2. The first-order valence-corrected chi connectivity index (χ1v) is 16.0. The third-order valence-electron chi connectivity index (χ3n) is 9.84. The summed E-state index contributed by atoms with van der Waals surface area (Å²) in [6, 6.07) is -0.0574. The summed E-state index contributed by atoms with van der Waals surface area (Å²) in [6.07, 6.45) is 5.50. The van der Waals surface area contributed by atoms with E-state index in [0.29, 0.717) is 41.8 Å². The highest BCUT2D eigenvalue weighted by atomic mass is 35.5. The molecule has 1 aromatic heterocycles. The molecule has 1 aromatic rings. The number of likely N-dealkylation sites (tertiary alicyclic amines) is 1. The standard InChI is InChI=1S/C29H37ClF2N4O3S/c1-16-34-24-7-6-19(35-14-29(31,32)15-35)12-22(24)27(37)36(16)10-2-3-17-4-5-18(30)11-21(17)20-8-9-33-25-23(28(38)39)13-40-26(20)25/h17-21,23,25-26,33H,4-15H2,1H3,(H,38,39). The van der Waals surface area contributed by atoms with E-state index >= 15 is 0 Å². The van der Waals surface area contributed by atoms with Gasteiger partial charge >= 0.3 is 5.97 Å². The molecule has 8 unspecified atom stereocenters. The van der Waals surface area contributed by atoms with Crippen molar-refractivity contribution in [2.45, 2.75) is 87.0 Å². The van der Waals surface area contributed by atoms with Gasteiger partial charge < -0.3 is 10.4 Å². The topological polar surface area (TPSA) is 87.5 Å². The van der Waals surface area contributed by atoms with Crippen LogP contribution in [0.2, 0.25) is 0 Å². The van der Waals surface area contributed by atoms with Gasteiger partial charge in [-0.25, -0.2) is 13.8 Å². The fraction of sp³-hybridized carbons (Fsp3) is 0.759. The van der Waals surface area contributed by atoms with E-state index < -0.39 is 11.9 Å². The number of carboxylic acids is 1. The molecule has 0 spiro atoms. The van der Waals surface area contributed by atoms with Crippen LogP contribution in [0.15, 0.2) is 4.79 Å². The van der Waals surface area contributed by atoms with Crippen molar-refractivity contribution in [3.63, 3.8) is 0 Å². The molecule has 3 aliphatic heterocycles. The number of alkyl halides is 3. The van der Waals surface area contributed by atoms with E-state index in [0.717, 1.165) is 44.3 Å². The molecular weight excluding hydrogens is 558 g/mol. The van der Waals surface area contributed by atoms with Gasteiger partial charge in [-0.2, -0.15) is 11.8 Å². The molecule has 5 aliphatic rings. The summed E-state index contributed by atoms with van der Waals surface area (Å²) >= 11 is 8.44. The smallest absolute Gasteiger partial charge is 0.308 e. The van der Waals surface area contributed by atoms with E-state index in [2.05, 4.69) is 17.2 Å². The van der Waals surface area contributed by atoms with Crippen molar-refractivity contribution in [2.75, 3.05) is 25.4 Å². The van der Waals surface area contributed by atoms with Gasteiger partial charge in [0.25, 0.3) is 11.5 Å². The Morgan fingerprint density at radius 2 is 2.05 bits per heavy atom. The highest BCUT2D eigenvalue weighted by Gasteiger charge is 2.50. The second kappa shape index (κ2) is 11.2. The monoisotopic (exact) mass is 594 g/mol. The Labute approximate surface area is 242 Å². The van der Waals surface area contributed by atoms with Gasteiger partial charge in [-0.15, -0.1) is 11.6 Å². The minimum absolute atomic E-state index is 0.0142. The Kier molecular flexibility index (Phi) is 7.97. The minimum Gasteiger partial charge on any atom is -0.481 e. The molecule has 7 nitrogen and oxygen atoms in total. The highest BCUT2D eigenvalue weighted by Crippen LogP contribution is 2.48. The molecule has 0 radical (unpaired) electrons. The van der Waals surface area contributed by atoms with Crippen LogP contribution in [-0.4, -0.2) is 79.5 Å². The average Bonchev–Trinajstić information content (AvgIpc) is 3.34. The van der Waals surface area contributed by atoms with Crippen molar-refractivity contribution in [1.82, 2.24) is 19.8 Å². The molecule has 218 valence electrons. The lowest BCUT2D eigenvalue weighted by atomic mass is 9.68. The number of rotatable bonds is 4. The van der Waals surface area contributed by atoms with Crippen molar-refractivity contribution in [3.8, 4) is 11.8 Å². The molecule has 2 aliphatic carbocycles. The van der Waals surface area contributed by atoms with Gasteiger partial charge in [-0.3, -0.25) is 19.1 Å². The number of carbonyl (C=O) groups is 1. The first-order valence-electron chi connectivity index (χ1n) is 14.5. The maximum absolute atomic E-state index is 13.5. The summed E-state index contributed by atoms with van der Waals surface area (Å²) in [5, 5.41) is 13.5. The summed E-state index contributed by atoms with van der Waals surface area (Å²) in [7, 11) is 0. The van der Waals surface area contributed by atoms with E-state index in [1.54, 1.807) is 21.2 Å². The van der Waals surface area contributed by atoms with Crippen LogP contribution in [0.5, 0.6) is 0 Å². The molecule has 4 heterocycles. The molecule has 0 amide bonds. The second-order valence-electron chi connectivity index (χ2n) is 12.3. The number of fused-ring (bicyclic) bond motifs is 2. The molecule has 4 fully saturated rings. The van der Waals surface area contributed by atoms with E-state index in [4.69, 9.17) is 16.6 Å². The molecule has 1 saturated carbocycles. The number of nitrogens with zero attached hydrogens (tertiary/aromatic N) is 3. The number of aliphatic carboxylic acids is 1. The fourth-order valence-electron chi connectivity index (χ4n) is 7.74. The van der Waals surface area contributed by atoms with Gasteiger partial charge in [0.15, 0.2) is 0 Å². The fourth-order valence-corrected chi connectivity index (χ4v) is 9.93. The normalized spacial score (nSPS) is 37.0. The zero-order valence-corrected chi connectivity index (χ0v) is 24.3. The number of hydrogen-bond acceptors (Lipinski definition) is 6.